The number of rotatable bonds is 8. The normalized spacial score (nSPS) is 12.7. The largest absolute Gasteiger partial charge is 0.480 e. The topological polar surface area (TPSA) is 69.0 Å². The molecule has 8 heteroatoms. The molecule has 0 aliphatic heterocycles. The molecule has 2 unspecified atom stereocenters. The Labute approximate surface area is 195 Å². The van der Waals surface area contributed by atoms with E-state index in [2.05, 4.69) is 15.5 Å². The minimum atomic E-state index is -0.586. The molecule has 168 valence electrons. The quantitative estimate of drug-likeness (QED) is 0.342. The molecule has 2 atom stereocenters. The number of para-hydroxylation sites is 3. The standard InChI is InChI=1S/C25H23FN4O2S/c1-17(32-22-16-10-9-15-21(22)26)23-28-29-25(30(23)20-13-7-4-8-14-20)33-18(2)24(31)27-19-11-5-3-6-12-19/h3-18H,1-2H3,(H,27,31). The lowest BCUT2D eigenvalue weighted by Crippen LogP contribution is -2.23. The van der Waals surface area contributed by atoms with Crippen molar-refractivity contribution >= 4 is 23.4 Å². The van der Waals surface area contributed by atoms with Crippen LogP contribution in [0.5, 0.6) is 5.75 Å². The number of carbonyl (C=O) groups excluding carboxylic acids is 1. The number of aromatic nitrogens is 3. The van der Waals surface area contributed by atoms with Crippen LogP contribution in [0.15, 0.2) is 90.1 Å². The summed E-state index contributed by atoms with van der Waals surface area (Å²) in [5.74, 6) is 0.0435. The van der Waals surface area contributed by atoms with Gasteiger partial charge in [-0.15, -0.1) is 10.2 Å². The molecule has 4 aromatic rings. The van der Waals surface area contributed by atoms with Crippen LogP contribution in [0.4, 0.5) is 10.1 Å². The van der Waals surface area contributed by atoms with Crippen molar-refractivity contribution in [1.82, 2.24) is 14.8 Å². The van der Waals surface area contributed by atoms with E-state index >= 15 is 0 Å². The summed E-state index contributed by atoms with van der Waals surface area (Å²) in [6.07, 6.45) is -0.586. The number of ether oxygens (including phenoxy) is 1. The molecule has 33 heavy (non-hydrogen) atoms. The van der Waals surface area contributed by atoms with Gasteiger partial charge in [0.25, 0.3) is 0 Å². The van der Waals surface area contributed by atoms with Gasteiger partial charge in [0.05, 0.1) is 5.25 Å². The molecule has 0 radical (unpaired) electrons. The molecule has 0 aliphatic rings. The van der Waals surface area contributed by atoms with Gasteiger partial charge in [-0.3, -0.25) is 9.36 Å². The summed E-state index contributed by atoms with van der Waals surface area (Å²) in [5, 5.41) is 11.7. The maximum Gasteiger partial charge on any atom is 0.237 e. The molecule has 1 N–H and O–H groups in total. The van der Waals surface area contributed by atoms with E-state index in [9.17, 15) is 9.18 Å². The van der Waals surface area contributed by atoms with Crippen LogP contribution in [0.1, 0.15) is 25.8 Å². The molecule has 0 saturated heterocycles. The predicted molar refractivity (Wildman–Crippen MR) is 127 cm³/mol. The van der Waals surface area contributed by atoms with E-state index in [1.165, 1.54) is 17.8 Å². The first-order valence-electron chi connectivity index (χ1n) is 10.5. The lowest BCUT2D eigenvalue weighted by Gasteiger charge is -2.18. The Morgan fingerprint density at radius 2 is 1.58 bits per heavy atom. The molecule has 3 aromatic carbocycles. The van der Waals surface area contributed by atoms with Crippen LogP contribution in [-0.4, -0.2) is 25.9 Å². The van der Waals surface area contributed by atoms with Crippen molar-refractivity contribution in [2.45, 2.75) is 30.4 Å². The molecule has 0 bridgehead atoms. The molecule has 6 nitrogen and oxygen atoms in total. The summed E-state index contributed by atoms with van der Waals surface area (Å²) in [5.41, 5.74) is 1.55. The Morgan fingerprint density at radius 1 is 0.939 bits per heavy atom. The van der Waals surface area contributed by atoms with Crippen LogP contribution in [0.2, 0.25) is 0 Å². The van der Waals surface area contributed by atoms with Crippen molar-refractivity contribution in [2.24, 2.45) is 0 Å². The summed E-state index contributed by atoms with van der Waals surface area (Å²) < 4.78 is 21.8. The van der Waals surface area contributed by atoms with Crippen molar-refractivity contribution in [1.29, 1.82) is 0 Å². The van der Waals surface area contributed by atoms with E-state index in [0.717, 1.165) is 11.4 Å². The fourth-order valence-corrected chi connectivity index (χ4v) is 4.08. The summed E-state index contributed by atoms with van der Waals surface area (Å²) >= 11 is 1.29. The van der Waals surface area contributed by atoms with Gasteiger partial charge in [-0.25, -0.2) is 4.39 Å². The van der Waals surface area contributed by atoms with Gasteiger partial charge in [-0.2, -0.15) is 0 Å². The van der Waals surface area contributed by atoms with Gasteiger partial charge in [0.15, 0.2) is 28.7 Å². The van der Waals surface area contributed by atoms with Gasteiger partial charge in [0.2, 0.25) is 5.91 Å². The number of benzene rings is 3. The number of nitrogens with one attached hydrogen (secondary N) is 1. The zero-order valence-corrected chi connectivity index (χ0v) is 19.0. The van der Waals surface area contributed by atoms with Crippen LogP contribution in [-0.2, 0) is 4.79 Å². The van der Waals surface area contributed by atoms with Crippen LogP contribution in [0.3, 0.4) is 0 Å². The lowest BCUT2D eigenvalue weighted by atomic mass is 10.3. The molecule has 1 heterocycles. The van der Waals surface area contributed by atoms with E-state index in [-0.39, 0.29) is 11.7 Å². The number of hydrogen-bond donors (Lipinski definition) is 1. The summed E-state index contributed by atoms with van der Waals surface area (Å²) in [7, 11) is 0. The minimum absolute atomic E-state index is 0.137. The fourth-order valence-electron chi connectivity index (χ4n) is 3.20. The fraction of sp³-hybridized carbons (Fsp3) is 0.160. The van der Waals surface area contributed by atoms with Crippen molar-refractivity contribution in [2.75, 3.05) is 5.32 Å². The minimum Gasteiger partial charge on any atom is -0.480 e. The number of thioether (sulfide) groups is 1. The van der Waals surface area contributed by atoms with Crippen LogP contribution in [0.25, 0.3) is 5.69 Å². The molecule has 0 spiro atoms. The Hall–Kier alpha value is -3.65. The monoisotopic (exact) mass is 462 g/mol. The number of halogens is 1. The van der Waals surface area contributed by atoms with Gasteiger partial charge >= 0.3 is 0 Å². The summed E-state index contributed by atoms with van der Waals surface area (Å²) in [4.78, 5) is 12.7. The third kappa shape index (κ3) is 5.40. The SMILES string of the molecule is CC(Sc1nnc(C(C)Oc2ccccc2F)n1-c1ccccc1)C(=O)Nc1ccccc1. The second kappa shape index (κ2) is 10.3. The van der Waals surface area contributed by atoms with Crippen molar-refractivity contribution in [3.8, 4) is 11.4 Å². The number of amides is 1. The van der Waals surface area contributed by atoms with E-state index < -0.39 is 17.2 Å². The van der Waals surface area contributed by atoms with Gasteiger partial charge in [-0.1, -0.05) is 60.3 Å². The molecular formula is C25H23FN4O2S. The first-order valence-corrected chi connectivity index (χ1v) is 11.4. The van der Waals surface area contributed by atoms with E-state index in [1.54, 1.807) is 25.1 Å². The molecule has 0 fully saturated rings. The van der Waals surface area contributed by atoms with E-state index in [4.69, 9.17) is 4.74 Å². The Morgan fingerprint density at radius 3 is 2.27 bits per heavy atom. The average molecular weight is 463 g/mol. The van der Waals surface area contributed by atoms with Gasteiger partial charge < -0.3 is 10.1 Å². The molecule has 0 aliphatic carbocycles. The third-order valence-corrected chi connectivity index (χ3v) is 5.91. The second-order valence-corrected chi connectivity index (χ2v) is 8.63. The molecule has 1 amide bonds. The highest BCUT2D eigenvalue weighted by molar-refractivity contribution is 8.00. The van der Waals surface area contributed by atoms with Gasteiger partial charge in [0, 0.05) is 11.4 Å². The maximum absolute atomic E-state index is 14.1. The zero-order valence-electron chi connectivity index (χ0n) is 18.2. The maximum atomic E-state index is 14.1. The predicted octanol–water partition coefficient (Wildman–Crippen LogP) is 5.67. The molecule has 4 rings (SSSR count). The van der Waals surface area contributed by atoms with Crippen LogP contribution >= 0.6 is 11.8 Å². The van der Waals surface area contributed by atoms with Crippen molar-refractivity contribution in [3.63, 3.8) is 0 Å². The lowest BCUT2D eigenvalue weighted by molar-refractivity contribution is -0.115. The first-order chi connectivity index (χ1) is 16.0. The van der Waals surface area contributed by atoms with E-state index in [0.29, 0.717) is 11.0 Å². The highest BCUT2D eigenvalue weighted by atomic mass is 32.2. The summed E-state index contributed by atoms with van der Waals surface area (Å²) in [6.45, 7) is 3.60. The van der Waals surface area contributed by atoms with Crippen molar-refractivity contribution < 1.29 is 13.9 Å². The Kier molecular flexibility index (Phi) is 7.04. The van der Waals surface area contributed by atoms with Crippen LogP contribution in [0, 0.1) is 5.82 Å². The number of anilines is 1. The molecular weight excluding hydrogens is 439 g/mol. The average Bonchev–Trinajstić information content (AvgIpc) is 3.25. The number of hydrogen-bond acceptors (Lipinski definition) is 5. The highest BCUT2D eigenvalue weighted by Gasteiger charge is 2.25. The number of carbonyl (C=O) groups is 1. The third-order valence-electron chi connectivity index (χ3n) is 4.87. The van der Waals surface area contributed by atoms with Crippen molar-refractivity contribution in [3.05, 3.63) is 96.6 Å². The molecule has 1 aromatic heterocycles. The van der Waals surface area contributed by atoms with E-state index in [1.807, 2.05) is 72.2 Å². The van der Waals surface area contributed by atoms with Crippen LogP contribution < -0.4 is 10.1 Å². The second-order valence-electron chi connectivity index (χ2n) is 7.32. The van der Waals surface area contributed by atoms with Gasteiger partial charge in [0.1, 0.15) is 0 Å². The first kappa shape index (κ1) is 22.5. The number of nitrogens with zero attached hydrogens (tertiary/aromatic N) is 3. The van der Waals surface area contributed by atoms with Gasteiger partial charge in [-0.05, 0) is 50.2 Å². The highest BCUT2D eigenvalue weighted by Crippen LogP contribution is 2.30. The smallest absolute Gasteiger partial charge is 0.237 e. The summed E-state index contributed by atoms with van der Waals surface area (Å²) in [6, 6.07) is 25.1. The Bertz CT molecular complexity index is 1220. The zero-order chi connectivity index (χ0) is 23.2. The molecule has 0 saturated carbocycles. The Balaban J connectivity index is 1.60.